The number of benzene rings is 1. The van der Waals surface area contributed by atoms with Gasteiger partial charge in [0, 0.05) is 18.8 Å². The lowest BCUT2D eigenvalue weighted by molar-refractivity contribution is 0.0747. The number of alkyl halides is 2. The fourth-order valence-electron chi connectivity index (χ4n) is 1.52. The Labute approximate surface area is 97.6 Å². The highest BCUT2D eigenvalue weighted by Crippen LogP contribution is 2.16. The van der Waals surface area contributed by atoms with Crippen LogP contribution in [0.4, 0.5) is 18.9 Å². The number of aliphatic hydroxyl groups is 1. The first kappa shape index (κ1) is 13.8. The molecule has 0 saturated carbocycles. The summed E-state index contributed by atoms with van der Waals surface area (Å²) in [5.41, 5.74) is 6.37. The molecule has 0 amide bonds. The fraction of sp³-hybridized carbons (Fsp3) is 0.455. The Kier molecular flexibility index (Phi) is 5.24. The lowest BCUT2D eigenvalue weighted by Gasteiger charge is -2.21. The summed E-state index contributed by atoms with van der Waals surface area (Å²) in [6.07, 6.45) is -2.48. The first-order valence-corrected chi connectivity index (χ1v) is 5.18. The monoisotopic (exact) mass is 248 g/mol. The number of aliphatic hydroxyl groups excluding tert-OH is 1. The molecule has 3 nitrogen and oxygen atoms in total. The minimum absolute atomic E-state index is 0.126. The van der Waals surface area contributed by atoms with Crippen molar-refractivity contribution in [3.8, 4) is 0 Å². The lowest BCUT2D eigenvalue weighted by atomic mass is 10.1. The van der Waals surface area contributed by atoms with Gasteiger partial charge in [0.1, 0.15) is 5.82 Å². The molecule has 6 heteroatoms. The smallest absolute Gasteiger partial charge is 0.251 e. The summed E-state index contributed by atoms with van der Waals surface area (Å²) in [5.74, 6) is -0.464. The molecule has 1 aromatic rings. The number of nitrogens with two attached hydrogens (primary N) is 1. The summed E-state index contributed by atoms with van der Waals surface area (Å²) in [5, 5.41) is 8.76. The molecule has 0 fully saturated rings. The van der Waals surface area contributed by atoms with Crippen LogP contribution in [0.1, 0.15) is 5.56 Å². The summed E-state index contributed by atoms with van der Waals surface area (Å²) >= 11 is 0. The lowest BCUT2D eigenvalue weighted by Crippen LogP contribution is -2.31. The van der Waals surface area contributed by atoms with E-state index in [1.54, 1.807) is 0 Å². The molecule has 0 aliphatic rings. The molecule has 3 N–H and O–H groups in total. The SMILES string of the molecule is Nc1cc(F)ccc1CN(CCO)CC(F)F. The second-order valence-electron chi connectivity index (χ2n) is 3.69. The van der Waals surface area contributed by atoms with E-state index in [0.717, 1.165) is 6.07 Å². The van der Waals surface area contributed by atoms with E-state index in [1.807, 2.05) is 0 Å². The molecule has 0 spiro atoms. The molecule has 0 aliphatic heterocycles. The Bertz CT molecular complexity index is 361. The van der Waals surface area contributed by atoms with Crippen molar-refractivity contribution >= 4 is 5.69 Å². The first-order valence-electron chi connectivity index (χ1n) is 5.18. The van der Waals surface area contributed by atoms with E-state index < -0.39 is 18.8 Å². The number of nitrogens with zero attached hydrogens (tertiary/aromatic N) is 1. The fourth-order valence-corrected chi connectivity index (χ4v) is 1.52. The molecule has 1 aromatic carbocycles. The zero-order chi connectivity index (χ0) is 12.8. The van der Waals surface area contributed by atoms with Crippen molar-refractivity contribution in [2.24, 2.45) is 0 Å². The molecule has 96 valence electrons. The maximum absolute atomic E-state index is 12.8. The van der Waals surface area contributed by atoms with Crippen LogP contribution in [-0.2, 0) is 6.54 Å². The number of halogens is 3. The molecule has 0 unspecified atom stereocenters. The first-order chi connectivity index (χ1) is 8.02. The molecule has 17 heavy (non-hydrogen) atoms. The summed E-state index contributed by atoms with van der Waals surface area (Å²) in [7, 11) is 0. The van der Waals surface area contributed by atoms with Crippen molar-refractivity contribution in [3.63, 3.8) is 0 Å². The van der Waals surface area contributed by atoms with E-state index >= 15 is 0 Å². The van der Waals surface area contributed by atoms with Crippen LogP contribution < -0.4 is 5.73 Å². The topological polar surface area (TPSA) is 49.5 Å². The zero-order valence-electron chi connectivity index (χ0n) is 9.24. The minimum atomic E-state index is -2.48. The Balaban J connectivity index is 2.71. The molecule has 0 aromatic heterocycles. The van der Waals surface area contributed by atoms with E-state index in [2.05, 4.69) is 0 Å². The van der Waals surface area contributed by atoms with Crippen molar-refractivity contribution in [1.82, 2.24) is 4.90 Å². The average molecular weight is 248 g/mol. The average Bonchev–Trinajstić information content (AvgIpc) is 2.21. The maximum Gasteiger partial charge on any atom is 0.251 e. The Morgan fingerprint density at radius 2 is 2.06 bits per heavy atom. The predicted octanol–water partition coefficient (Wildman–Crippen LogP) is 1.47. The van der Waals surface area contributed by atoms with Crippen LogP contribution in [-0.4, -0.2) is 36.1 Å². The number of hydrogen-bond donors (Lipinski definition) is 2. The van der Waals surface area contributed by atoms with Gasteiger partial charge in [-0.25, -0.2) is 13.2 Å². The van der Waals surface area contributed by atoms with Gasteiger partial charge in [-0.05, 0) is 17.7 Å². The second-order valence-corrected chi connectivity index (χ2v) is 3.69. The van der Waals surface area contributed by atoms with Crippen molar-refractivity contribution < 1.29 is 18.3 Å². The van der Waals surface area contributed by atoms with Crippen molar-refractivity contribution in [2.75, 3.05) is 25.4 Å². The number of hydrogen-bond acceptors (Lipinski definition) is 3. The van der Waals surface area contributed by atoms with Crippen molar-refractivity contribution in [2.45, 2.75) is 13.0 Å². The molecule has 0 saturated heterocycles. The van der Waals surface area contributed by atoms with Gasteiger partial charge in [-0.2, -0.15) is 0 Å². The van der Waals surface area contributed by atoms with E-state index in [0.29, 0.717) is 5.56 Å². The molecular formula is C11H15F3N2O. The van der Waals surface area contributed by atoms with Crippen LogP contribution in [0.2, 0.25) is 0 Å². The zero-order valence-corrected chi connectivity index (χ0v) is 9.24. The van der Waals surface area contributed by atoms with E-state index in [9.17, 15) is 13.2 Å². The van der Waals surface area contributed by atoms with Crippen LogP contribution in [0.3, 0.4) is 0 Å². The van der Waals surface area contributed by atoms with E-state index in [1.165, 1.54) is 17.0 Å². The summed E-state index contributed by atoms with van der Waals surface area (Å²) in [6.45, 7) is -0.372. The van der Waals surface area contributed by atoms with Gasteiger partial charge in [-0.3, -0.25) is 4.90 Å². The van der Waals surface area contributed by atoms with Gasteiger partial charge in [-0.15, -0.1) is 0 Å². The molecule has 0 radical (unpaired) electrons. The Hall–Kier alpha value is -1.27. The van der Waals surface area contributed by atoms with Crippen molar-refractivity contribution in [1.29, 1.82) is 0 Å². The molecule has 1 rings (SSSR count). The second kappa shape index (κ2) is 6.46. The van der Waals surface area contributed by atoms with Gasteiger partial charge < -0.3 is 10.8 Å². The largest absolute Gasteiger partial charge is 0.398 e. The third-order valence-corrected chi connectivity index (χ3v) is 2.31. The number of nitrogen functional groups attached to an aromatic ring is 1. The van der Waals surface area contributed by atoms with Crippen molar-refractivity contribution in [3.05, 3.63) is 29.6 Å². The number of anilines is 1. The third kappa shape index (κ3) is 4.62. The van der Waals surface area contributed by atoms with Gasteiger partial charge in [0.05, 0.1) is 13.2 Å². The molecular weight excluding hydrogens is 233 g/mol. The van der Waals surface area contributed by atoms with Crippen LogP contribution in [0.25, 0.3) is 0 Å². The normalized spacial score (nSPS) is 11.4. The molecule has 0 aliphatic carbocycles. The summed E-state index contributed by atoms with van der Waals surface area (Å²) in [4.78, 5) is 1.37. The van der Waals surface area contributed by atoms with Crippen LogP contribution in [0.5, 0.6) is 0 Å². The maximum atomic E-state index is 12.8. The van der Waals surface area contributed by atoms with Gasteiger partial charge in [0.15, 0.2) is 0 Å². The Morgan fingerprint density at radius 3 is 2.59 bits per heavy atom. The van der Waals surface area contributed by atoms with E-state index in [-0.39, 0.29) is 25.4 Å². The van der Waals surface area contributed by atoms with Gasteiger partial charge in [-0.1, -0.05) is 6.07 Å². The molecule has 0 bridgehead atoms. The van der Waals surface area contributed by atoms with Crippen LogP contribution in [0, 0.1) is 5.82 Å². The van der Waals surface area contributed by atoms with Gasteiger partial charge >= 0.3 is 0 Å². The standard InChI is InChI=1S/C11H15F3N2O/c12-9-2-1-8(10(15)5-9)6-16(3-4-17)7-11(13)14/h1-2,5,11,17H,3-4,6-7,15H2. The highest BCUT2D eigenvalue weighted by molar-refractivity contribution is 5.46. The van der Waals surface area contributed by atoms with Crippen LogP contribution >= 0.6 is 0 Å². The summed E-state index contributed by atoms with van der Waals surface area (Å²) in [6, 6.07) is 3.83. The quantitative estimate of drug-likeness (QED) is 0.749. The van der Waals surface area contributed by atoms with E-state index in [4.69, 9.17) is 10.8 Å². The molecule has 0 atom stereocenters. The van der Waals surface area contributed by atoms with Crippen LogP contribution in [0.15, 0.2) is 18.2 Å². The molecule has 0 heterocycles. The summed E-state index contributed by atoms with van der Waals surface area (Å²) < 4.78 is 37.3. The minimum Gasteiger partial charge on any atom is -0.398 e. The number of rotatable bonds is 6. The highest BCUT2D eigenvalue weighted by atomic mass is 19.3. The van der Waals surface area contributed by atoms with Gasteiger partial charge in [0.25, 0.3) is 6.43 Å². The Morgan fingerprint density at radius 1 is 1.35 bits per heavy atom. The third-order valence-electron chi connectivity index (χ3n) is 2.31. The predicted molar refractivity (Wildman–Crippen MR) is 59.2 cm³/mol. The van der Waals surface area contributed by atoms with Gasteiger partial charge in [0.2, 0.25) is 0 Å². The highest BCUT2D eigenvalue weighted by Gasteiger charge is 2.13.